The summed E-state index contributed by atoms with van der Waals surface area (Å²) < 4.78 is 7.23. The van der Waals surface area contributed by atoms with E-state index in [0.29, 0.717) is 17.3 Å². The quantitative estimate of drug-likeness (QED) is 0.839. The fourth-order valence-electron chi connectivity index (χ4n) is 1.14. The van der Waals surface area contributed by atoms with Crippen molar-refractivity contribution < 1.29 is 4.74 Å². The molecule has 0 radical (unpaired) electrons. The zero-order valence-corrected chi connectivity index (χ0v) is 11.3. The molecule has 0 fully saturated rings. The first-order chi connectivity index (χ1) is 7.66. The van der Waals surface area contributed by atoms with Gasteiger partial charge >= 0.3 is 0 Å². The smallest absolute Gasteiger partial charge is 0.219 e. The summed E-state index contributed by atoms with van der Waals surface area (Å²) >= 11 is 6.67. The van der Waals surface area contributed by atoms with Crippen molar-refractivity contribution in [3.05, 3.63) is 45.5 Å². The molecular weight excluding hydrogens is 336 g/mol. The van der Waals surface area contributed by atoms with Crippen molar-refractivity contribution in [1.82, 2.24) is 4.98 Å². The summed E-state index contributed by atoms with van der Waals surface area (Å²) in [6.07, 6.45) is 1.68. The Bertz CT molecular complexity index is 500. The highest BCUT2D eigenvalue weighted by molar-refractivity contribution is 9.11. The topological polar surface area (TPSA) is 48.1 Å². The fourth-order valence-corrected chi connectivity index (χ4v) is 1.72. The van der Waals surface area contributed by atoms with Crippen LogP contribution >= 0.6 is 31.9 Å². The zero-order valence-electron chi connectivity index (χ0n) is 8.15. The molecule has 0 spiro atoms. The van der Waals surface area contributed by atoms with Gasteiger partial charge in [0.25, 0.3) is 0 Å². The summed E-state index contributed by atoms with van der Waals surface area (Å²) in [5.74, 6) is 1.17. The van der Waals surface area contributed by atoms with Crippen LogP contribution < -0.4 is 10.5 Å². The zero-order chi connectivity index (χ0) is 11.5. The lowest BCUT2D eigenvalue weighted by Crippen LogP contribution is -1.91. The summed E-state index contributed by atoms with van der Waals surface area (Å²) in [5.41, 5.74) is 6.38. The van der Waals surface area contributed by atoms with Gasteiger partial charge in [-0.25, -0.2) is 4.98 Å². The highest BCUT2D eigenvalue weighted by Crippen LogP contribution is 2.33. The summed E-state index contributed by atoms with van der Waals surface area (Å²) in [5, 5.41) is 0. The van der Waals surface area contributed by atoms with E-state index >= 15 is 0 Å². The Morgan fingerprint density at radius 3 is 2.62 bits per heavy atom. The standard InChI is InChI=1S/C11H8Br2N2O/c12-7-4-5-10(15-6-7)16-9-3-1-2-8(14)11(9)13/h1-6H,14H2. The highest BCUT2D eigenvalue weighted by atomic mass is 79.9. The largest absolute Gasteiger partial charge is 0.438 e. The van der Waals surface area contributed by atoms with E-state index in [1.54, 1.807) is 18.3 Å². The Kier molecular flexibility index (Phi) is 3.46. The first-order valence-corrected chi connectivity index (χ1v) is 6.09. The van der Waals surface area contributed by atoms with Crippen LogP contribution in [0.3, 0.4) is 0 Å². The van der Waals surface area contributed by atoms with Crippen LogP contribution in [0, 0.1) is 0 Å². The van der Waals surface area contributed by atoms with Gasteiger partial charge in [0, 0.05) is 22.4 Å². The minimum Gasteiger partial charge on any atom is -0.438 e. The van der Waals surface area contributed by atoms with Gasteiger partial charge in [-0.1, -0.05) is 6.07 Å². The van der Waals surface area contributed by atoms with Crippen LogP contribution in [0.4, 0.5) is 5.69 Å². The number of nitrogens with zero attached hydrogens (tertiary/aromatic N) is 1. The predicted molar refractivity (Wildman–Crippen MR) is 70.6 cm³/mol. The van der Waals surface area contributed by atoms with Crippen LogP contribution in [0.5, 0.6) is 11.6 Å². The molecule has 1 aromatic carbocycles. The van der Waals surface area contributed by atoms with Gasteiger partial charge < -0.3 is 10.5 Å². The molecule has 82 valence electrons. The number of rotatable bonds is 2. The molecule has 0 unspecified atom stereocenters. The SMILES string of the molecule is Nc1cccc(Oc2ccc(Br)cn2)c1Br. The van der Waals surface area contributed by atoms with Crippen LogP contribution in [-0.4, -0.2) is 4.98 Å². The lowest BCUT2D eigenvalue weighted by molar-refractivity contribution is 0.460. The molecule has 0 saturated heterocycles. The average molecular weight is 344 g/mol. The number of anilines is 1. The van der Waals surface area contributed by atoms with Gasteiger partial charge in [0.15, 0.2) is 0 Å². The van der Waals surface area contributed by atoms with Crippen molar-refractivity contribution in [1.29, 1.82) is 0 Å². The molecule has 2 N–H and O–H groups in total. The Labute approximate surface area is 110 Å². The molecule has 0 saturated carbocycles. The Hall–Kier alpha value is -1.07. The van der Waals surface area contributed by atoms with Gasteiger partial charge in [0.1, 0.15) is 5.75 Å². The highest BCUT2D eigenvalue weighted by Gasteiger charge is 2.05. The van der Waals surface area contributed by atoms with E-state index in [1.807, 2.05) is 18.2 Å². The second-order valence-corrected chi connectivity index (χ2v) is 4.78. The Morgan fingerprint density at radius 2 is 1.94 bits per heavy atom. The van der Waals surface area contributed by atoms with E-state index < -0.39 is 0 Å². The van der Waals surface area contributed by atoms with Crippen molar-refractivity contribution in [3.8, 4) is 11.6 Å². The molecule has 0 aliphatic rings. The number of nitrogen functional groups attached to an aromatic ring is 1. The number of pyridine rings is 1. The second-order valence-electron chi connectivity index (χ2n) is 3.08. The lowest BCUT2D eigenvalue weighted by Gasteiger charge is -2.07. The van der Waals surface area contributed by atoms with Crippen LogP contribution in [0.2, 0.25) is 0 Å². The third-order valence-electron chi connectivity index (χ3n) is 1.91. The maximum atomic E-state index is 5.74. The molecule has 2 aromatic rings. The molecule has 16 heavy (non-hydrogen) atoms. The van der Waals surface area contributed by atoms with Gasteiger partial charge in [0.05, 0.1) is 4.47 Å². The average Bonchev–Trinajstić information content (AvgIpc) is 2.28. The normalized spacial score (nSPS) is 10.1. The minimum absolute atomic E-state index is 0.523. The molecule has 1 heterocycles. The van der Waals surface area contributed by atoms with Crippen molar-refractivity contribution in [3.63, 3.8) is 0 Å². The van der Waals surface area contributed by atoms with E-state index in [1.165, 1.54) is 0 Å². The first-order valence-electron chi connectivity index (χ1n) is 4.50. The number of halogens is 2. The second kappa shape index (κ2) is 4.84. The van der Waals surface area contributed by atoms with Crippen LogP contribution in [-0.2, 0) is 0 Å². The fraction of sp³-hybridized carbons (Fsp3) is 0. The van der Waals surface area contributed by atoms with Crippen LogP contribution in [0.1, 0.15) is 0 Å². The van der Waals surface area contributed by atoms with E-state index in [4.69, 9.17) is 10.5 Å². The predicted octanol–water partition coefficient (Wildman–Crippen LogP) is 3.98. The molecule has 3 nitrogen and oxygen atoms in total. The number of hydrogen-bond donors (Lipinski definition) is 1. The van der Waals surface area contributed by atoms with Crippen LogP contribution in [0.15, 0.2) is 45.5 Å². The summed E-state index contributed by atoms with van der Waals surface area (Å²) in [6.45, 7) is 0. The molecule has 5 heteroatoms. The molecule has 0 atom stereocenters. The lowest BCUT2D eigenvalue weighted by atomic mass is 10.3. The minimum atomic E-state index is 0.523. The number of nitrogens with two attached hydrogens (primary N) is 1. The van der Waals surface area contributed by atoms with Crippen molar-refractivity contribution in [2.24, 2.45) is 0 Å². The Balaban J connectivity index is 2.27. The molecular formula is C11H8Br2N2O. The number of benzene rings is 1. The first kappa shape index (κ1) is 11.4. The summed E-state index contributed by atoms with van der Waals surface area (Å²) in [7, 11) is 0. The van der Waals surface area contributed by atoms with Gasteiger partial charge in [-0.15, -0.1) is 0 Å². The Morgan fingerprint density at radius 1 is 1.12 bits per heavy atom. The van der Waals surface area contributed by atoms with Crippen molar-refractivity contribution in [2.75, 3.05) is 5.73 Å². The molecule has 1 aromatic heterocycles. The van der Waals surface area contributed by atoms with E-state index in [-0.39, 0.29) is 0 Å². The number of hydrogen-bond acceptors (Lipinski definition) is 3. The molecule has 0 amide bonds. The molecule has 0 aliphatic carbocycles. The van der Waals surface area contributed by atoms with Gasteiger partial charge in [-0.2, -0.15) is 0 Å². The summed E-state index contributed by atoms with van der Waals surface area (Å²) in [4.78, 5) is 4.11. The van der Waals surface area contributed by atoms with Crippen molar-refractivity contribution in [2.45, 2.75) is 0 Å². The molecule has 2 rings (SSSR count). The third kappa shape index (κ3) is 2.54. The summed E-state index contributed by atoms with van der Waals surface area (Å²) in [6, 6.07) is 9.09. The maximum absolute atomic E-state index is 5.74. The molecule has 0 bridgehead atoms. The van der Waals surface area contributed by atoms with Crippen molar-refractivity contribution >= 4 is 37.5 Å². The van der Waals surface area contributed by atoms with Crippen LogP contribution in [0.25, 0.3) is 0 Å². The van der Waals surface area contributed by atoms with E-state index in [0.717, 1.165) is 8.95 Å². The third-order valence-corrected chi connectivity index (χ3v) is 3.23. The number of aromatic nitrogens is 1. The van der Waals surface area contributed by atoms with Gasteiger partial charge in [0.2, 0.25) is 5.88 Å². The van der Waals surface area contributed by atoms with E-state index in [2.05, 4.69) is 36.8 Å². The molecule has 0 aliphatic heterocycles. The van der Waals surface area contributed by atoms with E-state index in [9.17, 15) is 0 Å². The number of ether oxygens (including phenoxy) is 1. The monoisotopic (exact) mass is 342 g/mol. The van der Waals surface area contributed by atoms with Gasteiger partial charge in [-0.3, -0.25) is 0 Å². The maximum Gasteiger partial charge on any atom is 0.219 e. The van der Waals surface area contributed by atoms with Gasteiger partial charge in [-0.05, 0) is 50.1 Å².